The molecule has 3 aliphatic rings. The minimum absolute atomic E-state index is 0.0396. The van der Waals surface area contributed by atoms with E-state index in [1.165, 1.54) is 25.7 Å². The van der Waals surface area contributed by atoms with E-state index in [2.05, 4.69) is 10.6 Å². The first-order valence-corrected chi connectivity index (χ1v) is 11.7. The Bertz CT molecular complexity index is 952. The average molecular weight is 500 g/mol. The Labute approximate surface area is 202 Å². The van der Waals surface area contributed by atoms with Crippen LogP contribution < -0.4 is 16.0 Å². The third-order valence-electron chi connectivity index (χ3n) is 7.56. The van der Waals surface area contributed by atoms with Crippen LogP contribution in [0.25, 0.3) is 0 Å². The lowest BCUT2D eigenvalue weighted by atomic mass is 9.85. The van der Waals surface area contributed by atoms with Crippen LogP contribution >= 0.6 is 0 Å². The summed E-state index contributed by atoms with van der Waals surface area (Å²) in [5, 5.41) is 16.7. The van der Waals surface area contributed by atoms with Crippen molar-refractivity contribution in [1.29, 1.82) is 5.26 Å². The number of hydrogen-bond acceptors (Lipinski definition) is 5. The van der Waals surface area contributed by atoms with Crippen LogP contribution in [0.4, 0.5) is 13.2 Å². The topological polar surface area (TPSA) is 131 Å². The molecular formula is C23H32F3N5O4. The number of nitriles is 1. The summed E-state index contributed by atoms with van der Waals surface area (Å²) in [5.74, 6) is -4.46. The molecule has 0 aromatic carbocycles. The van der Waals surface area contributed by atoms with Crippen molar-refractivity contribution in [2.45, 2.75) is 71.8 Å². The van der Waals surface area contributed by atoms with Crippen LogP contribution in [0.15, 0.2) is 0 Å². The maximum atomic E-state index is 13.5. The Morgan fingerprint density at radius 2 is 1.86 bits per heavy atom. The van der Waals surface area contributed by atoms with Gasteiger partial charge in [-0.2, -0.15) is 18.4 Å². The standard InChI is InChI=1S/C23H32F3N5O4/c1-21(2,3)16(30-20(35)23(24,25)26)19(34)31-10-13-14(22(13,4)5)15(31)18(33)29-12(9-27)8-11-6-7-28-17(11)32/h11-16H,6-8,10H2,1-5H3,(H,28,32)(H,29,33)(H,30,35). The summed E-state index contributed by atoms with van der Waals surface area (Å²) < 4.78 is 38.8. The third kappa shape index (κ3) is 5.23. The van der Waals surface area contributed by atoms with Crippen LogP contribution in [0, 0.1) is 39.9 Å². The van der Waals surface area contributed by atoms with E-state index in [4.69, 9.17) is 0 Å². The van der Waals surface area contributed by atoms with Gasteiger partial charge in [-0.25, -0.2) is 0 Å². The van der Waals surface area contributed by atoms with E-state index in [1.807, 2.05) is 19.9 Å². The second-order valence-corrected chi connectivity index (χ2v) is 11.4. The monoisotopic (exact) mass is 499 g/mol. The van der Waals surface area contributed by atoms with Gasteiger partial charge in [0, 0.05) is 19.0 Å². The molecule has 12 heteroatoms. The molecule has 0 bridgehead atoms. The zero-order valence-electron chi connectivity index (χ0n) is 20.5. The highest BCUT2D eigenvalue weighted by molar-refractivity contribution is 5.95. The highest BCUT2D eigenvalue weighted by atomic mass is 19.4. The molecule has 0 radical (unpaired) electrons. The van der Waals surface area contributed by atoms with Crippen LogP contribution in [0.3, 0.4) is 0 Å². The van der Waals surface area contributed by atoms with Crippen molar-refractivity contribution in [3.05, 3.63) is 0 Å². The number of amides is 4. The molecule has 194 valence electrons. The lowest BCUT2D eigenvalue weighted by Crippen LogP contribution is -2.61. The third-order valence-corrected chi connectivity index (χ3v) is 7.56. The molecule has 2 heterocycles. The lowest BCUT2D eigenvalue weighted by molar-refractivity contribution is -0.176. The highest BCUT2D eigenvalue weighted by Crippen LogP contribution is 2.65. The van der Waals surface area contributed by atoms with Gasteiger partial charge in [-0.3, -0.25) is 19.2 Å². The number of fused-ring (bicyclic) bond motifs is 1. The minimum atomic E-state index is -5.16. The summed E-state index contributed by atoms with van der Waals surface area (Å²) >= 11 is 0. The lowest BCUT2D eigenvalue weighted by Gasteiger charge is -2.37. The Kier molecular flexibility index (Phi) is 6.87. The predicted octanol–water partition coefficient (Wildman–Crippen LogP) is 1.10. The van der Waals surface area contributed by atoms with E-state index in [1.54, 1.807) is 5.32 Å². The maximum Gasteiger partial charge on any atom is 0.471 e. The van der Waals surface area contributed by atoms with Crippen LogP contribution in [0.2, 0.25) is 0 Å². The summed E-state index contributed by atoms with van der Waals surface area (Å²) in [6.45, 7) is 9.13. The number of rotatable bonds is 6. The molecule has 4 amide bonds. The van der Waals surface area contributed by atoms with E-state index >= 15 is 0 Å². The first-order chi connectivity index (χ1) is 16.0. The van der Waals surface area contributed by atoms with Gasteiger partial charge < -0.3 is 20.9 Å². The SMILES string of the molecule is CC(C)(C)C(NC(=O)C(F)(F)F)C(=O)N1CC2C(C1C(=O)NC(C#N)CC1CCNC1=O)C2(C)C. The molecule has 2 aliphatic heterocycles. The van der Waals surface area contributed by atoms with Crippen molar-refractivity contribution < 1.29 is 32.3 Å². The quantitative estimate of drug-likeness (QED) is 0.504. The van der Waals surface area contributed by atoms with Crippen molar-refractivity contribution in [2.24, 2.45) is 28.6 Å². The van der Waals surface area contributed by atoms with E-state index in [0.29, 0.717) is 13.0 Å². The number of likely N-dealkylation sites (tertiary alicyclic amines) is 1. The second-order valence-electron chi connectivity index (χ2n) is 11.4. The van der Waals surface area contributed by atoms with Gasteiger partial charge in [0.15, 0.2) is 0 Å². The number of hydrogen-bond donors (Lipinski definition) is 3. The van der Waals surface area contributed by atoms with Gasteiger partial charge in [0.05, 0.1) is 6.07 Å². The van der Waals surface area contributed by atoms with Gasteiger partial charge in [0.25, 0.3) is 0 Å². The van der Waals surface area contributed by atoms with E-state index in [0.717, 1.165) is 0 Å². The van der Waals surface area contributed by atoms with Crippen molar-refractivity contribution >= 4 is 23.6 Å². The fourth-order valence-electron chi connectivity index (χ4n) is 5.40. The molecule has 1 saturated carbocycles. The number of alkyl halides is 3. The first-order valence-electron chi connectivity index (χ1n) is 11.7. The summed E-state index contributed by atoms with van der Waals surface area (Å²) in [4.78, 5) is 51.6. The molecule has 35 heavy (non-hydrogen) atoms. The number of halogens is 3. The molecule has 3 rings (SSSR count). The van der Waals surface area contributed by atoms with Gasteiger partial charge in [-0.1, -0.05) is 34.6 Å². The molecule has 9 nitrogen and oxygen atoms in total. The zero-order valence-corrected chi connectivity index (χ0v) is 20.5. The Morgan fingerprint density at radius 3 is 2.34 bits per heavy atom. The number of carbonyl (C=O) groups excluding carboxylic acids is 4. The van der Waals surface area contributed by atoms with Gasteiger partial charge >= 0.3 is 12.1 Å². The maximum absolute atomic E-state index is 13.5. The highest BCUT2D eigenvalue weighted by Gasteiger charge is 2.70. The summed E-state index contributed by atoms with van der Waals surface area (Å²) in [7, 11) is 0. The normalized spacial score (nSPS) is 28.9. The van der Waals surface area contributed by atoms with Crippen molar-refractivity contribution in [2.75, 3.05) is 13.1 Å². The van der Waals surface area contributed by atoms with Crippen LogP contribution in [-0.2, 0) is 19.2 Å². The Balaban J connectivity index is 1.81. The summed E-state index contributed by atoms with van der Waals surface area (Å²) in [6.07, 6.45) is -4.49. The van der Waals surface area contributed by atoms with Crippen LogP contribution in [0.5, 0.6) is 0 Å². The largest absolute Gasteiger partial charge is 0.471 e. The zero-order chi connectivity index (χ0) is 26.5. The molecule has 6 unspecified atom stereocenters. The molecule has 0 spiro atoms. The van der Waals surface area contributed by atoms with Gasteiger partial charge in [-0.05, 0) is 35.5 Å². The second kappa shape index (κ2) is 8.99. The molecule has 6 atom stereocenters. The number of carbonyl (C=O) groups is 4. The van der Waals surface area contributed by atoms with Gasteiger partial charge in [0.2, 0.25) is 17.7 Å². The molecule has 2 saturated heterocycles. The van der Waals surface area contributed by atoms with Crippen molar-refractivity contribution in [1.82, 2.24) is 20.9 Å². The number of nitrogens with one attached hydrogen (secondary N) is 3. The molecule has 0 aromatic rings. The molecule has 0 aromatic heterocycles. The predicted molar refractivity (Wildman–Crippen MR) is 117 cm³/mol. The minimum Gasteiger partial charge on any atom is -0.356 e. The Hall–Kier alpha value is -2.84. The first kappa shape index (κ1) is 26.8. The van der Waals surface area contributed by atoms with Crippen molar-refractivity contribution in [3.8, 4) is 6.07 Å². The summed E-state index contributed by atoms with van der Waals surface area (Å²) in [5.41, 5.74) is -1.33. The van der Waals surface area contributed by atoms with E-state index < -0.39 is 53.4 Å². The van der Waals surface area contributed by atoms with Crippen LogP contribution in [0.1, 0.15) is 47.5 Å². The van der Waals surface area contributed by atoms with E-state index in [9.17, 15) is 37.6 Å². The molecular weight excluding hydrogens is 467 g/mol. The smallest absolute Gasteiger partial charge is 0.356 e. The van der Waals surface area contributed by atoms with Gasteiger partial charge in [0.1, 0.15) is 18.1 Å². The average Bonchev–Trinajstić information content (AvgIpc) is 3.10. The fraction of sp³-hybridized carbons (Fsp3) is 0.783. The Morgan fingerprint density at radius 1 is 1.23 bits per heavy atom. The molecule has 3 fully saturated rings. The molecule has 3 N–H and O–H groups in total. The van der Waals surface area contributed by atoms with Crippen molar-refractivity contribution in [3.63, 3.8) is 0 Å². The number of nitrogens with zero attached hydrogens (tertiary/aromatic N) is 2. The van der Waals surface area contributed by atoms with Gasteiger partial charge in [-0.15, -0.1) is 0 Å². The van der Waals surface area contributed by atoms with Crippen LogP contribution in [-0.4, -0.2) is 65.9 Å². The number of piperidine rings is 1. The fourth-order valence-corrected chi connectivity index (χ4v) is 5.40. The molecule has 1 aliphatic carbocycles. The summed E-state index contributed by atoms with van der Waals surface area (Å²) in [6, 6.07) is -1.48. The van der Waals surface area contributed by atoms with E-state index in [-0.39, 0.29) is 36.1 Å².